The monoisotopic (exact) mass is 352 g/mol. The van der Waals surface area contributed by atoms with Gasteiger partial charge in [-0.15, -0.1) is 0 Å². The van der Waals surface area contributed by atoms with E-state index in [0.29, 0.717) is 30.2 Å². The largest absolute Gasteiger partial charge is 0.352 e. The zero-order valence-corrected chi connectivity index (χ0v) is 14.8. The molecular formula is C16H21FN4O2S. The van der Waals surface area contributed by atoms with Gasteiger partial charge in [-0.3, -0.25) is 4.99 Å². The number of guanidine groups is 1. The first-order chi connectivity index (χ1) is 11.2. The first-order valence-corrected chi connectivity index (χ1v) is 9.22. The zero-order valence-electron chi connectivity index (χ0n) is 14.0. The van der Waals surface area contributed by atoms with E-state index in [1.807, 2.05) is 11.0 Å². The molecule has 0 spiro atoms. The van der Waals surface area contributed by atoms with Crippen LogP contribution in [0.25, 0.3) is 0 Å². The van der Waals surface area contributed by atoms with Gasteiger partial charge in [-0.2, -0.15) is 5.26 Å². The highest BCUT2D eigenvalue weighted by atomic mass is 32.2. The number of nitriles is 1. The second-order valence-electron chi connectivity index (χ2n) is 6.32. The Labute approximate surface area is 141 Å². The van der Waals surface area contributed by atoms with E-state index in [1.54, 1.807) is 20.9 Å². The lowest BCUT2D eigenvalue weighted by Gasteiger charge is -2.39. The minimum absolute atomic E-state index is 0.0545. The molecule has 1 aliphatic rings. The molecule has 0 aromatic heterocycles. The molecule has 1 N–H and O–H groups in total. The van der Waals surface area contributed by atoms with Crippen molar-refractivity contribution in [1.29, 1.82) is 5.26 Å². The fraction of sp³-hybridized carbons (Fsp3) is 0.500. The summed E-state index contributed by atoms with van der Waals surface area (Å²) in [6.45, 7) is 4.20. The van der Waals surface area contributed by atoms with E-state index in [9.17, 15) is 12.8 Å². The van der Waals surface area contributed by atoms with Crippen molar-refractivity contribution < 1.29 is 12.8 Å². The third-order valence-electron chi connectivity index (χ3n) is 4.17. The molecule has 24 heavy (non-hydrogen) atoms. The predicted octanol–water partition coefficient (Wildman–Crippen LogP) is 1.28. The lowest BCUT2D eigenvalue weighted by atomic mass is 10.1. The van der Waals surface area contributed by atoms with Crippen molar-refractivity contribution in [3.8, 4) is 6.07 Å². The molecule has 130 valence electrons. The van der Waals surface area contributed by atoms with E-state index < -0.39 is 20.4 Å². The number of rotatable bonds is 2. The van der Waals surface area contributed by atoms with E-state index in [2.05, 4.69) is 10.3 Å². The maximum atomic E-state index is 13.8. The van der Waals surface area contributed by atoms with E-state index in [-0.39, 0.29) is 12.3 Å². The third kappa shape index (κ3) is 3.67. The van der Waals surface area contributed by atoms with Gasteiger partial charge >= 0.3 is 0 Å². The molecule has 1 saturated heterocycles. The van der Waals surface area contributed by atoms with Gasteiger partial charge < -0.3 is 10.2 Å². The van der Waals surface area contributed by atoms with Crippen LogP contribution < -0.4 is 5.32 Å². The van der Waals surface area contributed by atoms with Crippen molar-refractivity contribution in [2.75, 3.05) is 25.9 Å². The summed E-state index contributed by atoms with van der Waals surface area (Å²) in [7, 11) is -1.54. The first-order valence-electron chi connectivity index (χ1n) is 7.56. The van der Waals surface area contributed by atoms with Crippen LogP contribution in [0.4, 0.5) is 4.39 Å². The van der Waals surface area contributed by atoms with E-state index in [4.69, 9.17) is 5.26 Å². The number of sulfone groups is 1. The van der Waals surface area contributed by atoms with Gasteiger partial charge in [-0.25, -0.2) is 12.8 Å². The Morgan fingerprint density at radius 3 is 2.79 bits per heavy atom. The minimum atomic E-state index is -3.14. The molecule has 1 aromatic rings. The lowest BCUT2D eigenvalue weighted by Crippen LogP contribution is -2.57. The Bertz CT molecular complexity index is 797. The number of hydrogen-bond acceptors (Lipinski definition) is 4. The Kier molecular flexibility index (Phi) is 5.13. The predicted molar refractivity (Wildman–Crippen MR) is 90.8 cm³/mol. The Hall–Kier alpha value is -2.14. The van der Waals surface area contributed by atoms with Crippen LogP contribution in [0, 0.1) is 17.1 Å². The van der Waals surface area contributed by atoms with Crippen LogP contribution in [-0.4, -0.2) is 49.9 Å². The topological polar surface area (TPSA) is 85.6 Å². The highest BCUT2D eigenvalue weighted by Gasteiger charge is 2.40. The number of nitrogens with zero attached hydrogens (tertiary/aromatic N) is 3. The Morgan fingerprint density at radius 2 is 2.21 bits per heavy atom. The average molecular weight is 352 g/mol. The summed E-state index contributed by atoms with van der Waals surface area (Å²) in [6.07, 6.45) is 0. The van der Waals surface area contributed by atoms with Crippen LogP contribution in [0.3, 0.4) is 0 Å². The van der Waals surface area contributed by atoms with Crippen LogP contribution in [0.2, 0.25) is 0 Å². The summed E-state index contributed by atoms with van der Waals surface area (Å²) >= 11 is 0. The van der Waals surface area contributed by atoms with Gasteiger partial charge in [0.1, 0.15) is 5.82 Å². The summed E-state index contributed by atoms with van der Waals surface area (Å²) < 4.78 is 37.2. The summed E-state index contributed by atoms with van der Waals surface area (Å²) in [5.74, 6) is 0.164. The van der Waals surface area contributed by atoms with Crippen LogP contribution in [0.1, 0.15) is 25.0 Å². The molecule has 0 bridgehead atoms. The van der Waals surface area contributed by atoms with Crippen LogP contribution in [0.15, 0.2) is 23.2 Å². The Balaban J connectivity index is 2.11. The number of nitrogens with one attached hydrogen (secondary N) is 1. The summed E-state index contributed by atoms with van der Waals surface area (Å²) in [6, 6.07) is 6.15. The summed E-state index contributed by atoms with van der Waals surface area (Å²) in [4.78, 5) is 6.02. The molecule has 0 aliphatic carbocycles. The van der Waals surface area contributed by atoms with E-state index >= 15 is 0 Å². The molecule has 1 heterocycles. The van der Waals surface area contributed by atoms with Gasteiger partial charge in [0, 0.05) is 32.2 Å². The smallest absolute Gasteiger partial charge is 0.193 e. The van der Waals surface area contributed by atoms with E-state index in [0.717, 1.165) is 0 Å². The van der Waals surface area contributed by atoms with Crippen molar-refractivity contribution in [2.45, 2.75) is 25.1 Å². The summed E-state index contributed by atoms with van der Waals surface area (Å²) in [5, 5.41) is 11.9. The zero-order chi connectivity index (χ0) is 18.0. The third-order valence-corrected chi connectivity index (χ3v) is 6.70. The van der Waals surface area contributed by atoms with Gasteiger partial charge in [0.15, 0.2) is 15.8 Å². The van der Waals surface area contributed by atoms with Gasteiger partial charge in [0.05, 0.1) is 22.1 Å². The molecular weight excluding hydrogens is 331 g/mol. The molecule has 2 rings (SSSR count). The second kappa shape index (κ2) is 6.77. The minimum Gasteiger partial charge on any atom is -0.352 e. The molecule has 1 aliphatic heterocycles. The second-order valence-corrected chi connectivity index (χ2v) is 9.06. The van der Waals surface area contributed by atoms with Crippen molar-refractivity contribution >= 4 is 15.8 Å². The van der Waals surface area contributed by atoms with Crippen LogP contribution >= 0.6 is 0 Å². The van der Waals surface area contributed by atoms with Gasteiger partial charge in [-0.05, 0) is 32.0 Å². The van der Waals surface area contributed by atoms with E-state index in [1.165, 1.54) is 18.2 Å². The summed E-state index contributed by atoms with van der Waals surface area (Å²) in [5.41, 5.74) is 0.743. The molecule has 6 nitrogen and oxygen atoms in total. The quantitative estimate of drug-likeness (QED) is 0.640. The van der Waals surface area contributed by atoms with Crippen LogP contribution in [0.5, 0.6) is 0 Å². The number of halogens is 1. The number of benzene rings is 1. The molecule has 0 radical (unpaired) electrons. The highest BCUT2D eigenvalue weighted by molar-refractivity contribution is 7.92. The number of hydrogen-bond donors (Lipinski definition) is 1. The standard InChI is InChI=1S/C16H21FN4O2S/c1-16(2)11-21(6-7-24(16,22)23)15(19-3)20-10-13-8-12(9-18)4-5-14(13)17/h4-5,8H,6-7,10-11H2,1-3H3,(H,19,20). The maximum Gasteiger partial charge on any atom is 0.193 e. The maximum absolute atomic E-state index is 13.8. The fourth-order valence-electron chi connectivity index (χ4n) is 2.61. The van der Waals surface area contributed by atoms with Crippen molar-refractivity contribution in [3.05, 3.63) is 35.1 Å². The molecule has 1 fully saturated rings. The average Bonchev–Trinajstić information content (AvgIpc) is 2.53. The highest BCUT2D eigenvalue weighted by Crippen LogP contribution is 2.23. The molecule has 0 unspecified atom stereocenters. The Morgan fingerprint density at radius 1 is 1.50 bits per heavy atom. The van der Waals surface area contributed by atoms with Crippen molar-refractivity contribution in [1.82, 2.24) is 10.2 Å². The normalized spacial score (nSPS) is 19.6. The van der Waals surface area contributed by atoms with Gasteiger partial charge in [0.25, 0.3) is 0 Å². The van der Waals surface area contributed by atoms with Crippen molar-refractivity contribution in [3.63, 3.8) is 0 Å². The molecule has 0 amide bonds. The van der Waals surface area contributed by atoms with Crippen molar-refractivity contribution in [2.24, 2.45) is 4.99 Å². The molecule has 8 heteroatoms. The van der Waals surface area contributed by atoms with Gasteiger partial charge in [0.2, 0.25) is 0 Å². The lowest BCUT2D eigenvalue weighted by molar-refractivity contribution is 0.353. The molecule has 0 saturated carbocycles. The number of aliphatic imine (C=N–C) groups is 1. The molecule has 0 atom stereocenters. The van der Waals surface area contributed by atoms with Crippen LogP contribution in [-0.2, 0) is 16.4 Å². The van der Waals surface area contributed by atoms with Gasteiger partial charge in [-0.1, -0.05) is 0 Å². The first kappa shape index (κ1) is 18.2. The molecule has 1 aromatic carbocycles. The fourth-order valence-corrected chi connectivity index (χ4v) is 3.98. The SMILES string of the molecule is CN=C(NCc1cc(C#N)ccc1F)N1CCS(=O)(=O)C(C)(C)C1.